The smallest absolute Gasteiger partial charge is 0.154 e. The van der Waals surface area contributed by atoms with E-state index in [0.29, 0.717) is 17.4 Å². The molecule has 0 fully saturated rings. The third kappa shape index (κ3) is 6.41. The quantitative estimate of drug-likeness (QED) is 0.531. The number of rotatable bonds is 9. The molecule has 114 valence electrons. The largest absolute Gasteiger partial charge is 0.507 e. The highest BCUT2D eigenvalue weighted by Gasteiger charge is 2.03. The number of hydrogen-bond donors (Lipinski definition) is 2. The van der Waals surface area contributed by atoms with Crippen LogP contribution in [0.15, 0.2) is 36.4 Å². The summed E-state index contributed by atoms with van der Waals surface area (Å²) in [6, 6.07) is 4.98. The highest BCUT2D eigenvalue weighted by atomic mass is 16.3. The second-order valence-corrected chi connectivity index (χ2v) is 5.06. The predicted molar refractivity (Wildman–Crippen MR) is 86.4 cm³/mol. The number of aromatic hydroxyl groups is 1. The maximum absolute atomic E-state index is 10.9. The molecule has 0 radical (unpaired) electrons. The van der Waals surface area contributed by atoms with E-state index in [4.69, 9.17) is 0 Å². The van der Waals surface area contributed by atoms with E-state index in [1.807, 2.05) is 18.2 Å². The number of phenols is 1. The Kier molecular flexibility index (Phi) is 8.14. The van der Waals surface area contributed by atoms with Gasteiger partial charge in [0, 0.05) is 0 Å². The molecule has 0 aliphatic rings. The number of hydrogen-bond acceptors (Lipinski definition) is 3. The molecule has 0 amide bonds. The van der Waals surface area contributed by atoms with Gasteiger partial charge in [-0.05, 0) is 30.9 Å². The second-order valence-electron chi connectivity index (χ2n) is 5.06. The minimum atomic E-state index is -0.216. The molecular formula is C18H24O3. The van der Waals surface area contributed by atoms with E-state index in [9.17, 15) is 15.0 Å². The third-order valence-electron chi connectivity index (χ3n) is 3.32. The first-order valence-electron chi connectivity index (χ1n) is 7.47. The van der Waals surface area contributed by atoms with Crippen molar-refractivity contribution in [3.05, 3.63) is 47.6 Å². The molecule has 0 saturated carbocycles. The molecule has 2 N–H and O–H groups in total. The van der Waals surface area contributed by atoms with E-state index in [1.54, 1.807) is 18.2 Å². The highest BCUT2D eigenvalue weighted by Crippen LogP contribution is 2.19. The summed E-state index contributed by atoms with van der Waals surface area (Å²) in [5.74, 6) is -0.00447. The van der Waals surface area contributed by atoms with Crippen molar-refractivity contribution < 1.29 is 15.0 Å². The van der Waals surface area contributed by atoms with E-state index in [0.717, 1.165) is 32.1 Å². The monoisotopic (exact) mass is 288 g/mol. The fraction of sp³-hybridized carbons (Fsp3) is 0.389. The number of aliphatic hydroxyl groups is 1. The molecule has 1 unspecified atom stereocenters. The van der Waals surface area contributed by atoms with Gasteiger partial charge in [-0.25, -0.2) is 0 Å². The minimum absolute atomic E-state index is 0.00447. The van der Waals surface area contributed by atoms with Crippen LogP contribution >= 0.6 is 0 Å². The number of carbonyl (C=O) groups is 1. The number of benzene rings is 1. The van der Waals surface area contributed by atoms with Gasteiger partial charge in [0.2, 0.25) is 0 Å². The number of phenolic OH excluding ortho intramolecular Hbond substituents is 1. The lowest BCUT2D eigenvalue weighted by atomic mass is 10.1. The van der Waals surface area contributed by atoms with Gasteiger partial charge in [-0.3, -0.25) is 4.79 Å². The fourth-order valence-electron chi connectivity index (χ4n) is 2.05. The summed E-state index contributed by atoms with van der Waals surface area (Å²) in [6.45, 7) is 2.12. The van der Waals surface area contributed by atoms with Crippen molar-refractivity contribution in [1.82, 2.24) is 0 Å². The van der Waals surface area contributed by atoms with Crippen LogP contribution in [0.4, 0.5) is 0 Å². The molecule has 1 atom stereocenters. The molecule has 0 spiro atoms. The molecule has 0 aromatic heterocycles. The lowest BCUT2D eigenvalue weighted by Crippen LogP contribution is -2.04. The fourth-order valence-corrected chi connectivity index (χ4v) is 2.05. The molecule has 0 aliphatic carbocycles. The van der Waals surface area contributed by atoms with E-state index in [-0.39, 0.29) is 11.9 Å². The van der Waals surface area contributed by atoms with Crippen LogP contribution in [-0.2, 0) is 0 Å². The summed E-state index contributed by atoms with van der Waals surface area (Å²) in [7, 11) is 0. The molecule has 3 heteroatoms. The van der Waals surface area contributed by atoms with Crippen LogP contribution in [0.1, 0.15) is 54.9 Å². The van der Waals surface area contributed by atoms with Gasteiger partial charge in [-0.15, -0.1) is 0 Å². The van der Waals surface area contributed by atoms with Gasteiger partial charge in [0.1, 0.15) is 5.75 Å². The Morgan fingerprint density at radius 1 is 1.24 bits per heavy atom. The van der Waals surface area contributed by atoms with Gasteiger partial charge in [0.25, 0.3) is 0 Å². The Hall–Kier alpha value is -1.87. The van der Waals surface area contributed by atoms with Crippen LogP contribution in [0.25, 0.3) is 6.08 Å². The molecule has 1 aromatic rings. The Balaban J connectivity index is 2.43. The van der Waals surface area contributed by atoms with Crippen molar-refractivity contribution in [2.45, 2.75) is 45.1 Å². The molecular weight excluding hydrogens is 264 g/mol. The van der Waals surface area contributed by atoms with Crippen molar-refractivity contribution in [2.24, 2.45) is 0 Å². The molecule has 0 saturated heterocycles. The maximum Gasteiger partial charge on any atom is 0.154 e. The lowest BCUT2D eigenvalue weighted by Gasteiger charge is -2.06. The standard InChI is InChI=1S/C18H24O3/c1-2-3-11-16(20)12-7-5-4-6-9-15-10-8-13-18(21)17(15)14-19/h4-6,8-10,13-14,16,20-21H,2-3,7,11-12H2,1H3. The van der Waals surface area contributed by atoms with E-state index < -0.39 is 0 Å². The molecule has 0 bridgehead atoms. The van der Waals surface area contributed by atoms with Crippen LogP contribution < -0.4 is 0 Å². The van der Waals surface area contributed by atoms with Crippen LogP contribution in [0.2, 0.25) is 0 Å². The van der Waals surface area contributed by atoms with Gasteiger partial charge in [0.15, 0.2) is 6.29 Å². The molecule has 21 heavy (non-hydrogen) atoms. The first-order chi connectivity index (χ1) is 10.2. The molecule has 3 nitrogen and oxygen atoms in total. The van der Waals surface area contributed by atoms with Gasteiger partial charge < -0.3 is 10.2 Å². The molecule has 1 aromatic carbocycles. The first kappa shape index (κ1) is 17.2. The summed E-state index contributed by atoms with van der Waals surface area (Å²) in [4.78, 5) is 10.9. The summed E-state index contributed by atoms with van der Waals surface area (Å²) in [5.41, 5.74) is 0.995. The number of aldehydes is 1. The SMILES string of the molecule is CCCCC(O)CCC=CC=Cc1cccc(O)c1C=O. The van der Waals surface area contributed by atoms with E-state index >= 15 is 0 Å². The van der Waals surface area contributed by atoms with Crippen molar-refractivity contribution >= 4 is 12.4 Å². The van der Waals surface area contributed by atoms with Crippen LogP contribution in [-0.4, -0.2) is 22.6 Å². The summed E-state index contributed by atoms with van der Waals surface area (Å²) in [5, 5.41) is 19.2. The topological polar surface area (TPSA) is 57.5 Å². The Bertz CT molecular complexity index is 489. The van der Waals surface area contributed by atoms with E-state index in [2.05, 4.69) is 6.92 Å². The number of unbranched alkanes of at least 4 members (excludes halogenated alkanes) is 1. The molecule has 0 aliphatic heterocycles. The average molecular weight is 288 g/mol. The van der Waals surface area contributed by atoms with Crippen LogP contribution in [0, 0.1) is 0 Å². The van der Waals surface area contributed by atoms with Crippen molar-refractivity contribution in [3.8, 4) is 5.75 Å². The van der Waals surface area contributed by atoms with Crippen molar-refractivity contribution in [3.63, 3.8) is 0 Å². The Morgan fingerprint density at radius 3 is 2.76 bits per heavy atom. The van der Waals surface area contributed by atoms with Crippen LogP contribution in [0.3, 0.4) is 0 Å². The van der Waals surface area contributed by atoms with Crippen LogP contribution in [0.5, 0.6) is 5.75 Å². The van der Waals surface area contributed by atoms with Crippen molar-refractivity contribution in [2.75, 3.05) is 0 Å². The molecule has 0 heterocycles. The van der Waals surface area contributed by atoms with Gasteiger partial charge in [-0.1, -0.05) is 56.2 Å². The Morgan fingerprint density at radius 2 is 2.05 bits per heavy atom. The van der Waals surface area contributed by atoms with Gasteiger partial charge in [-0.2, -0.15) is 0 Å². The third-order valence-corrected chi connectivity index (χ3v) is 3.32. The highest BCUT2D eigenvalue weighted by molar-refractivity contribution is 5.85. The zero-order chi connectivity index (χ0) is 15.5. The maximum atomic E-state index is 10.9. The Labute approximate surface area is 126 Å². The molecule has 1 rings (SSSR count). The summed E-state index contributed by atoms with van der Waals surface area (Å²) >= 11 is 0. The first-order valence-corrected chi connectivity index (χ1v) is 7.47. The average Bonchev–Trinajstić information content (AvgIpc) is 2.48. The summed E-state index contributed by atoms with van der Waals surface area (Å²) < 4.78 is 0. The zero-order valence-electron chi connectivity index (χ0n) is 12.5. The predicted octanol–water partition coefficient (Wildman–Crippen LogP) is 4.11. The number of allylic oxidation sites excluding steroid dienone is 3. The normalized spacial score (nSPS) is 13.0. The number of carbonyl (C=O) groups excluding carboxylic acids is 1. The van der Waals surface area contributed by atoms with Gasteiger partial charge in [0.05, 0.1) is 11.7 Å². The minimum Gasteiger partial charge on any atom is -0.507 e. The second kappa shape index (κ2) is 9.94. The lowest BCUT2D eigenvalue weighted by molar-refractivity contribution is 0.112. The van der Waals surface area contributed by atoms with E-state index in [1.165, 1.54) is 6.07 Å². The van der Waals surface area contributed by atoms with Gasteiger partial charge >= 0.3 is 0 Å². The summed E-state index contributed by atoms with van der Waals surface area (Å²) in [6.07, 6.45) is 12.6. The van der Waals surface area contributed by atoms with Crippen molar-refractivity contribution in [1.29, 1.82) is 0 Å². The number of aliphatic hydroxyl groups excluding tert-OH is 1. The zero-order valence-corrected chi connectivity index (χ0v) is 12.5.